The standard InChI is InChI=1S/C11H13BrN4/c1-7(2)11-13-14-15-16(11)10-6-8(3)4-5-9(10)12/h4-7H,1-3H3. The molecule has 0 unspecified atom stereocenters. The number of hydrogen-bond donors (Lipinski definition) is 0. The van der Waals surface area contributed by atoms with Gasteiger partial charge in [-0.1, -0.05) is 19.9 Å². The summed E-state index contributed by atoms with van der Waals surface area (Å²) < 4.78 is 2.77. The molecule has 0 amide bonds. The van der Waals surface area contributed by atoms with Crippen LogP contribution in [0.5, 0.6) is 0 Å². The lowest BCUT2D eigenvalue weighted by molar-refractivity contribution is 0.708. The molecule has 0 radical (unpaired) electrons. The maximum absolute atomic E-state index is 4.04. The lowest BCUT2D eigenvalue weighted by Gasteiger charge is -2.09. The molecule has 0 bridgehead atoms. The third-order valence-corrected chi connectivity index (χ3v) is 3.01. The van der Waals surface area contributed by atoms with Crippen molar-refractivity contribution in [1.82, 2.24) is 20.2 Å². The number of rotatable bonds is 2. The third-order valence-electron chi connectivity index (χ3n) is 2.34. The first-order chi connectivity index (χ1) is 7.59. The van der Waals surface area contributed by atoms with Gasteiger partial charge in [0.2, 0.25) is 0 Å². The van der Waals surface area contributed by atoms with Crippen LogP contribution in [0.1, 0.15) is 31.2 Å². The lowest BCUT2D eigenvalue weighted by Crippen LogP contribution is -2.05. The Balaban J connectivity index is 2.58. The molecule has 0 saturated carbocycles. The summed E-state index contributed by atoms with van der Waals surface area (Å²) in [7, 11) is 0. The van der Waals surface area contributed by atoms with Crippen LogP contribution in [-0.2, 0) is 0 Å². The highest BCUT2D eigenvalue weighted by Crippen LogP contribution is 2.24. The Labute approximate surface area is 103 Å². The summed E-state index contributed by atoms with van der Waals surface area (Å²) in [6.07, 6.45) is 0. The molecule has 1 heterocycles. The van der Waals surface area contributed by atoms with Gasteiger partial charge in [0, 0.05) is 10.4 Å². The van der Waals surface area contributed by atoms with Crippen molar-refractivity contribution in [1.29, 1.82) is 0 Å². The van der Waals surface area contributed by atoms with Gasteiger partial charge in [-0.25, -0.2) is 0 Å². The quantitative estimate of drug-likeness (QED) is 0.850. The zero-order valence-electron chi connectivity index (χ0n) is 9.48. The Kier molecular flexibility index (Phi) is 3.05. The number of halogens is 1. The van der Waals surface area contributed by atoms with E-state index >= 15 is 0 Å². The van der Waals surface area contributed by atoms with E-state index in [9.17, 15) is 0 Å². The predicted octanol–water partition coefficient (Wildman–Crippen LogP) is 2.86. The average molecular weight is 281 g/mol. The van der Waals surface area contributed by atoms with Crippen LogP contribution < -0.4 is 0 Å². The second-order valence-corrected chi connectivity index (χ2v) is 4.91. The van der Waals surface area contributed by atoms with Crippen molar-refractivity contribution in [3.63, 3.8) is 0 Å². The van der Waals surface area contributed by atoms with Gasteiger partial charge in [-0.2, -0.15) is 4.68 Å². The van der Waals surface area contributed by atoms with Gasteiger partial charge >= 0.3 is 0 Å². The van der Waals surface area contributed by atoms with E-state index in [1.54, 1.807) is 4.68 Å². The highest BCUT2D eigenvalue weighted by Gasteiger charge is 2.13. The molecule has 0 saturated heterocycles. The molecule has 0 aliphatic rings. The van der Waals surface area contributed by atoms with Crippen molar-refractivity contribution in [2.45, 2.75) is 26.7 Å². The summed E-state index contributed by atoms with van der Waals surface area (Å²) >= 11 is 3.52. The first-order valence-corrected chi connectivity index (χ1v) is 5.93. The van der Waals surface area contributed by atoms with Gasteiger partial charge in [-0.15, -0.1) is 5.10 Å². The van der Waals surface area contributed by atoms with Gasteiger partial charge in [0.1, 0.15) is 0 Å². The molecule has 0 atom stereocenters. The molecular formula is C11H13BrN4. The highest BCUT2D eigenvalue weighted by molar-refractivity contribution is 9.10. The van der Waals surface area contributed by atoms with E-state index in [4.69, 9.17) is 0 Å². The van der Waals surface area contributed by atoms with Crippen molar-refractivity contribution in [3.8, 4) is 5.69 Å². The minimum Gasteiger partial charge on any atom is -0.196 e. The van der Waals surface area contributed by atoms with Crippen LogP contribution in [-0.4, -0.2) is 20.2 Å². The molecule has 0 aliphatic carbocycles. The zero-order valence-corrected chi connectivity index (χ0v) is 11.1. The summed E-state index contributed by atoms with van der Waals surface area (Å²) in [5.74, 6) is 1.16. The Morgan fingerprint density at radius 3 is 2.75 bits per heavy atom. The molecule has 0 aliphatic heterocycles. The Morgan fingerprint density at radius 2 is 2.06 bits per heavy atom. The van der Waals surface area contributed by atoms with Gasteiger partial charge < -0.3 is 0 Å². The zero-order chi connectivity index (χ0) is 11.7. The van der Waals surface area contributed by atoms with E-state index in [-0.39, 0.29) is 0 Å². The van der Waals surface area contributed by atoms with E-state index in [0.717, 1.165) is 16.0 Å². The fourth-order valence-corrected chi connectivity index (χ4v) is 1.93. The van der Waals surface area contributed by atoms with Crippen LogP contribution in [0.3, 0.4) is 0 Å². The summed E-state index contributed by atoms with van der Waals surface area (Å²) in [5, 5.41) is 11.8. The fraction of sp³-hybridized carbons (Fsp3) is 0.364. The van der Waals surface area contributed by atoms with Crippen LogP contribution in [0.4, 0.5) is 0 Å². The van der Waals surface area contributed by atoms with Crippen LogP contribution in [0, 0.1) is 6.92 Å². The molecule has 2 aromatic rings. The number of aromatic nitrogens is 4. The summed E-state index contributed by atoms with van der Waals surface area (Å²) in [4.78, 5) is 0. The molecule has 4 nitrogen and oxygen atoms in total. The average Bonchev–Trinajstić information content (AvgIpc) is 2.70. The number of aryl methyl sites for hydroxylation is 1. The van der Waals surface area contributed by atoms with E-state index < -0.39 is 0 Å². The molecule has 84 valence electrons. The van der Waals surface area contributed by atoms with Crippen molar-refractivity contribution in [3.05, 3.63) is 34.1 Å². The maximum atomic E-state index is 4.04. The maximum Gasteiger partial charge on any atom is 0.159 e. The highest BCUT2D eigenvalue weighted by atomic mass is 79.9. The summed E-state index contributed by atoms with van der Waals surface area (Å²) in [5.41, 5.74) is 2.16. The first kappa shape index (κ1) is 11.3. The van der Waals surface area contributed by atoms with E-state index in [0.29, 0.717) is 5.92 Å². The predicted molar refractivity (Wildman–Crippen MR) is 65.7 cm³/mol. The molecule has 0 spiro atoms. The van der Waals surface area contributed by atoms with E-state index in [1.165, 1.54) is 5.56 Å². The SMILES string of the molecule is Cc1ccc(Br)c(-n2nnnc2C(C)C)c1. The Bertz CT molecular complexity index is 504. The second kappa shape index (κ2) is 4.33. The Morgan fingerprint density at radius 1 is 1.31 bits per heavy atom. The van der Waals surface area contributed by atoms with Crippen molar-refractivity contribution in [2.24, 2.45) is 0 Å². The third kappa shape index (κ3) is 2.00. The smallest absolute Gasteiger partial charge is 0.159 e. The first-order valence-electron chi connectivity index (χ1n) is 5.14. The largest absolute Gasteiger partial charge is 0.196 e. The minimum absolute atomic E-state index is 0.294. The van der Waals surface area contributed by atoms with E-state index in [1.807, 2.05) is 12.1 Å². The van der Waals surface area contributed by atoms with Crippen LogP contribution in [0.15, 0.2) is 22.7 Å². The van der Waals surface area contributed by atoms with Crippen molar-refractivity contribution < 1.29 is 0 Å². The molecule has 0 N–H and O–H groups in total. The minimum atomic E-state index is 0.294. The van der Waals surface area contributed by atoms with Gasteiger partial charge in [0.15, 0.2) is 5.82 Å². The van der Waals surface area contributed by atoms with Gasteiger partial charge in [-0.05, 0) is 51.0 Å². The van der Waals surface area contributed by atoms with Crippen LogP contribution >= 0.6 is 15.9 Å². The Hall–Kier alpha value is -1.23. The fourth-order valence-electron chi connectivity index (χ4n) is 1.51. The molecule has 5 heteroatoms. The van der Waals surface area contributed by atoms with Gasteiger partial charge in [0.05, 0.1) is 5.69 Å². The second-order valence-electron chi connectivity index (χ2n) is 4.06. The number of nitrogens with zero attached hydrogens (tertiary/aromatic N) is 4. The molecule has 1 aromatic carbocycles. The van der Waals surface area contributed by atoms with Crippen molar-refractivity contribution >= 4 is 15.9 Å². The molecule has 1 aromatic heterocycles. The topological polar surface area (TPSA) is 43.6 Å². The lowest BCUT2D eigenvalue weighted by atomic mass is 10.2. The summed E-state index contributed by atoms with van der Waals surface area (Å²) in [6, 6.07) is 6.12. The number of hydrogen-bond acceptors (Lipinski definition) is 3. The van der Waals surface area contributed by atoms with Crippen LogP contribution in [0.25, 0.3) is 5.69 Å². The monoisotopic (exact) mass is 280 g/mol. The van der Waals surface area contributed by atoms with E-state index in [2.05, 4.69) is 58.3 Å². The number of tetrazole rings is 1. The van der Waals surface area contributed by atoms with Crippen molar-refractivity contribution in [2.75, 3.05) is 0 Å². The van der Waals surface area contributed by atoms with Crippen LogP contribution in [0.2, 0.25) is 0 Å². The molecule has 0 fully saturated rings. The van der Waals surface area contributed by atoms with Gasteiger partial charge in [0.25, 0.3) is 0 Å². The number of benzene rings is 1. The molecular weight excluding hydrogens is 268 g/mol. The normalized spacial score (nSPS) is 11.1. The molecule has 2 rings (SSSR count). The summed E-state index contributed by atoms with van der Waals surface area (Å²) in [6.45, 7) is 6.20. The molecule has 16 heavy (non-hydrogen) atoms. The van der Waals surface area contributed by atoms with Gasteiger partial charge in [-0.3, -0.25) is 0 Å².